The molecule has 136 valence electrons. The van der Waals surface area contributed by atoms with Gasteiger partial charge in [0.15, 0.2) is 0 Å². The number of carbonyl (C=O) groups excluding carboxylic acids is 1. The number of aryl methyl sites for hydroxylation is 2. The summed E-state index contributed by atoms with van der Waals surface area (Å²) in [5, 5.41) is 11.4. The van der Waals surface area contributed by atoms with Gasteiger partial charge in [0.05, 0.1) is 5.52 Å². The van der Waals surface area contributed by atoms with Crippen LogP contribution in [0, 0.1) is 6.92 Å². The molecule has 0 fully saturated rings. The first-order chi connectivity index (χ1) is 12.6. The molecule has 1 heterocycles. The van der Waals surface area contributed by atoms with Gasteiger partial charge in [0, 0.05) is 13.1 Å². The zero-order chi connectivity index (χ0) is 18.5. The summed E-state index contributed by atoms with van der Waals surface area (Å²) in [6.45, 7) is 3.36. The van der Waals surface area contributed by atoms with E-state index in [4.69, 9.17) is 0 Å². The van der Waals surface area contributed by atoms with Crippen LogP contribution in [0.4, 0.5) is 0 Å². The van der Waals surface area contributed by atoms with Gasteiger partial charge in [-0.15, -0.1) is 5.10 Å². The molecular formula is C20H25N5O. The van der Waals surface area contributed by atoms with Gasteiger partial charge in [0.25, 0.3) is 0 Å². The van der Waals surface area contributed by atoms with Gasteiger partial charge in [-0.3, -0.25) is 9.69 Å². The van der Waals surface area contributed by atoms with Crippen molar-refractivity contribution in [3.63, 3.8) is 0 Å². The summed E-state index contributed by atoms with van der Waals surface area (Å²) in [4.78, 5) is 14.6. The molecule has 0 spiro atoms. The summed E-state index contributed by atoms with van der Waals surface area (Å²) < 4.78 is 1.88. The van der Waals surface area contributed by atoms with Crippen molar-refractivity contribution < 1.29 is 4.79 Å². The molecule has 0 radical (unpaired) electrons. The van der Waals surface area contributed by atoms with E-state index in [1.807, 2.05) is 73.1 Å². The Kier molecular flexibility index (Phi) is 5.63. The van der Waals surface area contributed by atoms with E-state index in [0.29, 0.717) is 6.54 Å². The molecule has 3 rings (SSSR count). The summed E-state index contributed by atoms with van der Waals surface area (Å²) in [7, 11) is 3.85. The monoisotopic (exact) mass is 351 g/mol. The van der Waals surface area contributed by atoms with Gasteiger partial charge in [-0.2, -0.15) is 0 Å². The van der Waals surface area contributed by atoms with Crippen molar-refractivity contribution in [3.05, 3.63) is 59.7 Å². The van der Waals surface area contributed by atoms with E-state index >= 15 is 0 Å². The molecule has 6 heteroatoms. The molecule has 1 atom stereocenters. The lowest BCUT2D eigenvalue weighted by Gasteiger charge is -2.24. The predicted octanol–water partition coefficient (Wildman–Crippen LogP) is 2.55. The van der Waals surface area contributed by atoms with E-state index in [-0.39, 0.29) is 11.9 Å². The number of nitrogens with zero attached hydrogens (tertiary/aromatic N) is 4. The Morgan fingerprint density at radius 2 is 2.00 bits per heavy atom. The normalized spacial score (nSPS) is 12.5. The van der Waals surface area contributed by atoms with Gasteiger partial charge in [-0.25, -0.2) is 4.68 Å². The second-order valence-corrected chi connectivity index (χ2v) is 6.73. The smallest absolute Gasteiger partial charge is 0.241 e. The van der Waals surface area contributed by atoms with Crippen molar-refractivity contribution in [2.75, 3.05) is 20.6 Å². The second-order valence-electron chi connectivity index (χ2n) is 6.73. The lowest BCUT2D eigenvalue weighted by atomic mass is 10.0. The highest BCUT2D eigenvalue weighted by Gasteiger charge is 2.22. The molecule has 1 amide bonds. The Bertz CT molecular complexity index is 887. The minimum absolute atomic E-state index is 0.0176. The molecule has 1 N–H and O–H groups in total. The van der Waals surface area contributed by atoms with Crippen molar-refractivity contribution >= 4 is 16.9 Å². The summed E-state index contributed by atoms with van der Waals surface area (Å²) in [6.07, 6.45) is 0.799. The van der Waals surface area contributed by atoms with Crippen molar-refractivity contribution in [2.45, 2.75) is 25.9 Å². The van der Waals surface area contributed by atoms with Crippen LogP contribution in [0.5, 0.6) is 0 Å². The van der Waals surface area contributed by atoms with Crippen LogP contribution in [0.15, 0.2) is 48.5 Å². The van der Waals surface area contributed by atoms with Crippen molar-refractivity contribution in [1.29, 1.82) is 0 Å². The Labute approximate surface area is 153 Å². The number of aromatic nitrogens is 3. The number of rotatable bonds is 7. The fraction of sp³-hybridized carbons (Fsp3) is 0.350. The molecule has 0 bridgehead atoms. The van der Waals surface area contributed by atoms with Gasteiger partial charge in [0.1, 0.15) is 11.6 Å². The van der Waals surface area contributed by atoms with E-state index in [1.165, 1.54) is 0 Å². The molecule has 0 aliphatic heterocycles. The van der Waals surface area contributed by atoms with Crippen LogP contribution < -0.4 is 5.32 Å². The number of fused-ring (bicyclic) bond motifs is 1. The molecule has 0 saturated heterocycles. The Balaban J connectivity index is 1.57. The summed E-state index contributed by atoms with van der Waals surface area (Å²) in [5.74, 6) is 0.0176. The molecule has 3 aromatic rings. The Morgan fingerprint density at radius 3 is 2.77 bits per heavy atom. The zero-order valence-corrected chi connectivity index (χ0v) is 15.5. The first kappa shape index (κ1) is 18.1. The second kappa shape index (κ2) is 8.10. The highest BCUT2D eigenvalue weighted by atomic mass is 16.2. The maximum atomic E-state index is 12.7. The SMILES string of the molecule is Cc1cccc(C(C(=O)NCCCn2nnc3ccccc32)N(C)C)c1. The molecule has 0 saturated carbocycles. The topological polar surface area (TPSA) is 63.1 Å². The predicted molar refractivity (Wildman–Crippen MR) is 103 cm³/mol. The Morgan fingerprint density at radius 1 is 1.19 bits per heavy atom. The third kappa shape index (κ3) is 4.08. The van der Waals surface area contributed by atoms with E-state index in [1.54, 1.807) is 0 Å². The number of hydrogen-bond donors (Lipinski definition) is 1. The molecule has 1 aromatic heterocycles. The largest absolute Gasteiger partial charge is 0.354 e. The average molecular weight is 351 g/mol. The maximum absolute atomic E-state index is 12.7. The number of likely N-dealkylation sites (N-methyl/N-ethyl adjacent to an activating group) is 1. The molecule has 1 unspecified atom stereocenters. The first-order valence-electron chi connectivity index (χ1n) is 8.85. The van der Waals surface area contributed by atoms with Crippen molar-refractivity contribution in [1.82, 2.24) is 25.2 Å². The summed E-state index contributed by atoms with van der Waals surface area (Å²) >= 11 is 0. The molecular weight excluding hydrogens is 326 g/mol. The Hall–Kier alpha value is -2.73. The van der Waals surface area contributed by atoms with Gasteiger partial charge < -0.3 is 5.32 Å². The summed E-state index contributed by atoms with van der Waals surface area (Å²) in [5.41, 5.74) is 4.07. The van der Waals surface area contributed by atoms with Crippen LogP contribution in [0.25, 0.3) is 11.0 Å². The van der Waals surface area contributed by atoms with E-state index in [0.717, 1.165) is 35.1 Å². The highest BCUT2D eigenvalue weighted by molar-refractivity contribution is 5.83. The maximum Gasteiger partial charge on any atom is 0.241 e. The fourth-order valence-electron chi connectivity index (χ4n) is 3.14. The number of nitrogens with one attached hydrogen (secondary N) is 1. The van der Waals surface area contributed by atoms with Gasteiger partial charge >= 0.3 is 0 Å². The molecule has 0 aliphatic rings. The quantitative estimate of drug-likeness (QED) is 0.665. The van der Waals surface area contributed by atoms with Crippen LogP contribution in [0.1, 0.15) is 23.6 Å². The molecule has 2 aromatic carbocycles. The van der Waals surface area contributed by atoms with Crippen LogP contribution in [-0.2, 0) is 11.3 Å². The number of benzene rings is 2. The lowest BCUT2D eigenvalue weighted by molar-refractivity contribution is -0.125. The standard InChI is InChI=1S/C20H25N5O/c1-15-8-6-9-16(14-15)19(24(2)3)20(26)21-12-7-13-25-18-11-5-4-10-17(18)22-23-25/h4-6,8-11,14,19H,7,12-13H2,1-3H3,(H,21,26). The minimum atomic E-state index is -0.290. The van der Waals surface area contributed by atoms with E-state index in [2.05, 4.69) is 21.7 Å². The average Bonchev–Trinajstić information content (AvgIpc) is 3.02. The zero-order valence-electron chi connectivity index (χ0n) is 15.5. The third-order valence-electron chi connectivity index (χ3n) is 4.39. The van der Waals surface area contributed by atoms with Crippen LogP contribution in [0.3, 0.4) is 0 Å². The lowest BCUT2D eigenvalue weighted by Crippen LogP contribution is -2.37. The fourth-order valence-corrected chi connectivity index (χ4v) is 3.14. The molecule has 6 nitrogen and oxygen atoms in total. The number of para-hydroxylation sites is 1. The minimum Gasteiger partial charge on any atom is -0.354 e. The van der Waals surface area contributed by atoms with Crippen LogP contribution in [-0.4, -0.2) is 46.4 Å². The number of carbonyl (C=O) groups is 1. The van der Waals surface area contributed by atoms with Crippen molar-refractivity contribution in [3.8, 4) is 0 Å². The number of hydrogen-bond acceptors (Lipinski definition) is 4. The molecule has 0 aliphatic carbocycles. The molecule has 26 heavy (non-hydrogen) atoms. The van der Waals surface area contributed by atoms with Gasteiger partial charge in [-0.05, 0) is 45.1 Å². The highest BCUT2D eigenvalue weighted by Crippen LogP contribution is 2.19. The van der Waals surface area contributed by atoms with Crippen LogP contribution >= 0.6 is 0 Å². The van der Waals surface area contributed by atoms with Gasteiger partial charge in [0.2, 0.25) is 5.91 Å². The van der Waals surface area contributed by atoms with E-state index < -0.39 is 0 Å². The first-order valence-corrected chi connectivity index (χ1v) is 8.85. The third-order valence-corrected chi connectivity index (χ3v) is 4.39. The van der Waals surface area contributed by atoms with Gasteiger partial charge in [-0.1, -0.05) is 47.2 Å². The summed E-state index contributed by atoms with van der Waals surface area (Å²) in [6, 6.07) is 15.7. The van der Waals surface area contributed by atoms with Crippen LogP contribution in [0.2, 0.25) is 0 Å². The van der Waals surface area contributed by atoms with E-state index in [9.17, 15) is 4.79 Å². The van der Waals surface area contributed by atoms with Crippen molar-refractivity contribution in [2.24, 2.45) is 0 Å². The number of amides is 1.